The molecule has 0 unspecified atom stereocenters. The van der Waals surface area contributed by atoms with Gasteiger partial charge in [-0.3, -0.25) is 4.79 Å². The van der Waals surface area contributed by atoms with Crippen LogP contribution in [0.5, 0.6) is 0 Å². The van der Waals surface area contributed by atoms with Gasteiger partial charge in [-0.05, 0) is 24.6 Å². The summed E-state index contributed by atoms with van der Waals surface area (Å²) in [5, 5.41) is 10.2. The van der Waals surface area contributed by atoms with Gasteiger partial charge >= 0.3 is 0 Å². The highest BCUT2D eigenvalue weighted by atomic mass is 32.2. The van der Waals surface area contributed by atoms with E-state index in [1.54, 1.807) is 18.2 Å². The molecule has 8 heteroatoms. The van der Waals surface area contributed by atoms with E-state index in [9.17, 15) is 4.79 Å². The third-order valence-corrected chi connectivity index (χ3v) is 5.35. The summed E-state index contributed by atoms with van der Waals surface area (Å²) in [6.45, 7) is 3.44. The first-order chi connectivity index (χ1) is 13.7. The molecule has 144 valence electrons. The largest absolute Gasteiger partial charge is 0.467 e. The van der Waals surface area contributed by atoms with Crippen LogP contribution in [0.4, 0.5) is 0 Å². The Bertz CT molecular complexity index is 1110. The molecule has 3 heterocycles. The van der Waals surface area contributed by atoms with Gasteiger partial charge < -0.3 is 13.9 Å². The Morgan fingerprint density at radius 2 is 2.07 bits per heavy atom. The molecule has 28 heavy (non-hydrogen) atoms. The van der Waals surface area contributed by atoms with Gasteiger partial charge in [0.25, 0.3) is 0 Å². The Morgan fingerprint density at radius 1 is 1.21 bits per heavy atom. The molecule has 3 aromatic heterocycles. The zero-order valence-corrected chi connectivity index (χ0v) is 16.6. The summed E-state index contributed by atoms with van der Waals surface area (Å²) in [6.07, 6.45) is 2.60. The quantitative estimate of drug-likeness (QED) is 0.444. The van der Waals surface area contributed by atoms with Crippen molar-refractivity contribution in [2.75, 3.05) is 12.8 Å². The molecule has 0 atom stereocenters. The number of thioether (sulfide) groups is 1. The molecule has 0 saturated carbocycles. The number of para-hydroxylation sites is 1. The Balaban J connectivity index is 1.53. The fourth-order valence-electron chi connectivity index (χ4n) is 3.16. The third-order valence-electron chi connectivity index (χ3n) is 4.53. The minimum absolute atomic E-state index is 0.0146. The van der Waals surface area contributed by atoms with Crippen molar-refractivity contribution in [1.82, 2.24) is 24.6 Å². The maximum Gasteiger partial charge on any atom is 0.233 e. The van der Waals surface area contributed by atoms with Gasteiger partial charge in [0.05, 0.1) is 24.1 Å². The lowest BCUT2D eigenvalue weighted by atomic mass is 10.2. The predicted molar refractivity (Wildman–Crippen MR) is 109 cm³/mol. The van der Waals surface area contributed by atoms with Crippen LogP contribution in [0, 0.1) is 0 Å². The lowest BCUT2D eigenvalue weighted by molar-refractivity contribution is -0.127. The summed E-state index contributed by atoms with van der Waals surface area (Å²) < 4.78 is 7.47. The number of carbonyl (C=O) groups is 1. The topological polar surface area (TPSA) is 77.0 Å². The van der Waals surface area contributed by atoms with Crippen LogP contribution >= 0.6 is 11.8 Å². The van der Waals surface area contributed by atoms with E-state index in [0.29, 0.717) is 11.7 Å². The van der Waals surface area contributed by atoms with Crippen LogP contribution in [0.3, 0.4) is 0 Å². The zero-order valence-electron chi connectivity index (χ0n) is 15.8. The molecule has 1 amide bonds. The average molecular weight is 395 g/mol. The lowest BCUT2D eigenvalue weighted by Gasteiger charge is -2.14. The Labute approximate surface area is 166 Å². The molecular formula is C20H21N5O2S. The molecule has 1 aromatic carbocycles. The normalized spacial score (nSPS) is 11.4. The molecule has 4 aromatic rings. The van der Waals surface area contributed by atoms with E-state index in [1.807, 2.05) is 30.3 Å². The van der Waals surface area contributed by atoms with Crippen molar-refractivity contribution >= 4 is 39.7 Å². The van der Waals surface area contributed by atoms with Crippen LogP contribution in [-0.4, -0.2) is 43.4 Å². The van der Waals surface area contributed by atoms with Crippen LogP contribution in [0.15, 0.2) is 52.2 Å². The average Bonchev–Trinajstić information content (AvgIpc) is 3.33. The smallest absolute Gasteiger partial charge is 0.233 e. The molecule has 4 rings (SSSR count). The molecule has 0 aliphatic heterocycles. The van der Waals surface area contributed by atoms with Gasteiger partial charge in [-0.25, -0.2) is 4.98 Å². The number of aryl methyl sites for hydroxylation is 1. The summed E-state index contributed by atoms with van der Waals surface area (Å²) in [5.41, 5.74) is 2.73. The second-order valence-corrected chi connectivity index (χ2v) is 7.50. The predicted octanol–water partition coefficient (Wildman–Crippen LogP) is 3.73. The Hall–Kier alpha value is -2.87. The van der Waals surface area contributed by atoms with Gasteiger partial charge in [0.1, 0.15) is 11.3 Å². The number of rotatable bonds is 7. The highest BCUT2D eigenvalue weighted by Gasteiger charge is 2.16. The number of benzene rings is 1. The Kier molecular flexibility index (Phi) is 5.29. The Morgan fingerprint density at radius 3 is 2.86 bits per heavy atom. The van der Waals surface area contributed by atoms with E-state index < -0.39 is 0 Å². The van der Waals surface area contributed by atoms with Gasteiger partial charge in [-0.1, -0.05) is 36.9 Å². The molecule has 0 bridgehead atoms. The highest BCUT2D eigenvalue weighted by Crippen LogP contribution is 2.27. The van der Waals surface area contributed by atoms with Crippen LogP contribution in [0.25, 0.3) is 22.1 Å². The van der Waals surface area contributed by atoms with Crippen molar-refractivity contribution in [2.45, 2.75) is 31.6 Å². The van der Waals surface area contributed by atoms with Gasteiger partial charge in [0, 0.05) is 19.0 Å². The fraction of sp³-hybridized carbons (Fsp3) is 0.300. The second kappa shape index (κ2) is 8.02. The molecule has 0 aliphatic carbocycles. The van der Waals surface area contributed by atoms with Crippen molar-refractivity contribution < 1.29 is 9.21 Å². The summed E-state index contributed by atoms with van der Waals surface area (Å²) in [6, 6.07) is 11.8. The fourth-order valence-corrected chi connectivity index (χ4v) is 3.88. The second-order valence-electron chi connectivity index (χ2n) is 6.55. The number of carbonyl (C=O) groups excluding carboxylic acids is 1. The van der Waals surface area contributed by atoms with Gasteiger partial charge in [0.15, 0.2) is 5.65 Å². The van der Waals surface area contributed by atoms with Gasteiger partial charge in [-0.2, -0.15) is 0 Å². The van der Waals surface area contributed by atoms with Gasteiger partial charge in [-0.15, -0.1) is 10.2 Å². The minimum atomic E-state index is -0.0146. The third kappa shape index (κ3) is 3.60. The van der Waals surface area contributed by atoms with Crippen molar-refractivity contribution in [2.24, 2.45) is 0 Å². The lowest BCUT2D eigenvalue weighted by Crippen LogP contribution is -2.27. The van der Waals surface area contributed by atoms with Crippen molar-refractivity contribution in [3.8, 4) is 0 Å². The number of nitrogens with zero attached hydrogens (tertiary/aromatic N) is 5. The SMILES string of the molecule is CCCn1c2ccccc2c2nnc(SCC(=O)N(C)Cc3ccco3)nc21. The van der Waals surface area contributed by atoms with Crippen molar-refractivity contribution in [3.63, 3.8) is 0 Å². The standard InChI is InChI=1S/C20H21N5O2S/c1-3-10-25-16-9-5-4-8-15(16)18-19(25)21-20(23-22-18)28-13-17(26)24(2)12-14-7-6-11-27-14/h4-9,11H,3,10,12-13H2,1-2H3. The monoisotopic (exact) mass is 395 g/mol. The number of hydrogen-bond donors (Lipinski definition) is 0. The minimum Gasteiger partial charge on any atom is -0.467 e. The summed E-state index contributed by atoms with van der Waals surface area (Å²) in [4.78, 5) is 18.7. The first kappa shape index (κ1) is 18.5. The summed E-state index contributed by atoms with van der Waals surface area (Å²) >= 11 is 1.30. The van der Waals surface area contributed by atoms with E-state index in [4.69, 9.17) is 9.40 Å². The zero-order chi connectivity index (χ0) is 19.5. The highest BCUT2D eigenvalue weighted by molar-refractivity contribution is 7.99. The molecule has 0 saturated heterocycles. The van der Waals surface area contributed by atoms with Crippen LogP contribution in [-0.2, 0) is 17.9 Å². The molecular weight excluding hydrogens is 374 g/mol. The molecule has 0 spiro atoms. The van der Waals surface area contributed by atoms with Crippen LogP contribution < -0.4 is 0 Å². The molecule has 0 radical (unpaired) electrons. The maximum atomic E-state index is 12.4. The summed E-state index contributed by atoms with van der Waals surface area (Å²) in [7, 11) is 1.76. The van der Waals surface area contributed by atoms with Crippen LogP contribution in [0.1, 0.15) is 19.1 Å². The molecule has 0 aliphatic rings. The number of fused-ring (bicyclic) bond motifs is 3. The van der Waals surface area contributed by atoms with Gasteiger partial charge in [0.2, 0.25) is 11.1 Å². The summed E-state index contributed by atoms with van der Waals surface area (Å²) in [5.74, 6) is 0.988. The van der Waals surface area contributed by atoms with Crippen LogP contribution in [0.2, 0.25) is 0 Å². The number of amides is 1. The van der Waals surface area contributed by atoms with E-state index in [0.717, 1.165) is 40.8 Å². The van der Waals surface area contributed by atoms with Crippen molar-refractivity contribution in [1.29, 1.82) is 0 Å². The molecule has 0 N–H and O–H groups in total. The number of hydrogen-bond acceptors (Lipinski definition) is 6. The van der Waals surface area contributed by atoms with Crippen molar-refractivity contribution in [3.05, 3.63) is 48.4 Å². The van der Waals surface area contributed by atoms with E-state index >= 15 is 0 Å². The molecule has 7 nitrogen and oxygen atoms in total. The number of furan rings is 1. The van der Waals surface area contributed by atoms with E-state index in [2.05, 4.69) is 27.8 Å². The van der Waals surface area contributed by atoms with E-state index in [1.165, 1.54) is 11.8 Å². The first-order valence-electron chi connectivity index (χ1n) is 9.18. The first-order valence-corrected chi connectivity index (χ1v) is 10.2. The van der Waals surface area contributed by atoms with E-state index in [-0.39, 0.29) is 11.7 Å². The maximum absolute atomic E-state index is 12.4. The number of aromatic nitrogens is 4. The molecule has 0 fully saturated rings.